The molecular weight excluding hydrogens is 204 g/mol. The Labute approximate surface area is 76.3 Å². The molecule has 3 fully saturated rings. The summed E-state index contributed by atoms with van der Waals surface area (Å²) >= 11 is 3.50. The van der Waals surface area contributed by atoms with Gasteiger partial charge in [-0.25, -0.2) is 0 Å². The van der Waals surface area contributed by atoms with Crippen molar-refractivity contribution < 1.29 is 5.11 Å². The van der Waals surface area contributed by atoms with E-state index in [9.17, 15) is 5.11 Å². The van der Waals surface area contributed by atoms with Gasteiger partial charge >= 0.3 is 0 Å². The van der Waals surface area contributed by atoms with Gasteiger partial charge in [-0.15, -0.1) is 6.10 Å². The molecule has 0 amide bonds. The van der Waals surface area contributed by atoms with E-state index >= 15 is 0 Å². The molecule has 0 radical (unpaired) electrons. The van der Waals surface area contributed by atoms with Crippen LogP contribution in [0.25, 0.3) is 0 Å². The van der Waals surface area contributed by atoms with Gasteiger partial charge in [0.25, 0.3) is 0 Å². The highest BCUT2D eigenvalue weighted by Gasteiger charge is 2.36. The van der Waals surface area contributed by atoms with E-state index in [1.54, 1.807) is 0 Å². The second-order valence-electron chi connectivity index (χ2n) is 4.03. The standard InChI is InChI=1S/C9H14BrO/c10-5-7-3-6-1-2-8(7)9(11)4-6/h6-9H,1-5H2/q-1/t6-,7?,8+,9+/m0/s1. The maximum absolute atomic E-state index is 11.5. The van der Waals surface area contributed by atoms with Crippen molar-refractivity contribution in [2.24, 2.45) is 17.8 Å². The monoisotopic (exact) mass is 217 g/mol. The van der Waals surface area contributed by atoms with Crippen LogP contribution in [0.1, 0.15) is 25.7 Å². The fourth-order valence-corrected chi connectivity index (χ4v) is 3.51. The lowest BCUT2D eigenvalue weighted by atomic mass is 9.64. The van der Waals surface area contributed by atoms with Gasteiger partial charge in [0.1, 0.15) is 0 Å². The van der Waals surface area contributed by atoms with E-state index in [4.69, 9.17) is 0 Å². The quantitative estimate of drug-likeness (QED) is 0.612. The zero-order chi connectivity index (χ0) is 7.84. The van der Waals surface area contributed by atoms with Crippen molar-refractivity contribution in [2.45, 2.75) is 31.8 Å². The SMILES string of the molecule is [O-][C@@H]1C[C@H]2CC[C@@H]1C(CBr)C2. The smallest absolute Gasteiger partial charge is 0.00620 e. The maximum atomic E-state index is 11.5. The molecule has 11 heavy (non-hydrogen) atoms. The van der Waals surface area contributed by atoms with Gasteiger partial charge in [-0.05, 0) is 18.3 Å². The molecule has 0 aromatic rings. The number of alkyl halides is 1. The second-order valence-corrected chi connectivity index (χ2v) is 4.68. The largest absolute Gasteiger partial charge is 0.852 e. The van der Waals surface area contributed by atoms with Crippen molar-refractivity contribution in [3.8, 4) is 0 Å². The summed E-state index contributed by atoms with van der Waals surface area (Å²) in [6.07, 6.45) is 4.58. The Balaban J connectivity index is 2.07. The van der Waals surface area contributed by atoms with Gasteiger partial charge in [0, 0.05) is 5.33 Å². The number of fused-ring (bicyclic) bond motifs is 3. The van der Waals surface area contributed by atoms with Crippen LogP contribution in [-0.4, -0.2) is 11.4 Å². The van der Waals surface area contributed by atoms with Crippen LogP contribution in [0.3, 0.4) is 0 Å². The molecule has 0 aromatic carbocycles. The number of rotatable bonds is 1. The van der Waals surface area contributed by atoms with Gasteiger partial charge < -0.3 is 5.11 Å². The Kier molecular flexibility index (Phi) is 2.24. The van der Waals surface area contributed by atoms with Crippen molar-refractivity contribution >= 4 is 15.9 Å². The molecule has 1 nitrogen and oxygen atoms in total. The van der Waals surface area contributed by atoms with E-state index in [0.717, 1.165) is 17.7 Å². The Bertz CT molecular complexity index is 148. The highest BCUT2D eigenvalue weighted by molar-refractivity contribution is 9.09. The van der Waals surface area contributed by atoms with Gasteiger partial charge in [-0.2, -0.15) is 0 Å². The Morgan fingerprint density at radius 1 is 1.27 bits per heavy atom. The van der Waals surface area contributed by atoms with Crippen molar-refractivity contribution in [1.82, 2.24) is 0 Å². The molecule has 3 rings (SSSR count). The molecular formula is C9H14BrO-. The van der Waals surface area contributed by atoms with E-state index in [2.05, 4.69) is 15.9 Å². The summed E-state index contributed by atoms with van der Waals surface area (Å²) in [5.41, 5.74) is 0. The highest BCUT2D eigenvalue weighted by atomic mass is 79.9. The first-order valence-electron chi connectivity index (χ1n) is 4.53. The molecule has 3 aliphatic rings. The minimum absolute atomic E-state index is 0.231. The molecule has 3 saturated carbocycles. The first-order chi connectivity index (χ1) is 5.31. The maximum Gasteiger partial charge on any atom is 0.00620 e. The van der Waals surface area contributed by atoms with Crippen LogP contribution in [0, 0.1) is 17.8 Å². The molecule has 2 heteroatoms. The molecule has 0 saturated heterocycles. The van der Waals surface area contributed by atoms with E-state index in [1.165, 1.54) is 19.3 Å². The molecule has 0 aliphatic heterocycles. The number of hydrogen-bond acceptors (Lipinski definition) is 1. The summed E-state index contributed by atoms with van der Waals surface area (Å²) in [6, 6.07) is 0. The molecule has 0 aromatic heterocycles. The Hall–Kier alpha value is 0.440. The van der Waals surface area contributed by atoms with Gasteiger partial charge in [0.05, 0.1) is 0 Å². The molecule has 0 N–H and O–H groups in total. The van der Waals surface area contributed by atoms with E-state index in [0.29, 0.717) is 11.8 Å². The number of hydrogen-bond donors (Lipinski definition) is 0. The lowest BCUT2D eigenvalue weighted by molar-refractivity contribution is -0.449. The first-order valence-corrected chi connectivity index (χ1v) is 5.65. The third kappa shape index (κ3) is 1.35. The molecule has 2 bridgehead atoms. The summed E-state index contributed by atoms with van der Waals surface area (Å²) in [4.78, 5) is 0. The summed E-state index contributed by atoms with van der Waals surface area (Å²) in [5, 5.41) is 12.5. The average molecular weight is 218 g/mol. The van der Waals surface area contributed by atoms with Gasteiger partial charge in [-0.3, -0.25) is 0 Å². The summed E-state index contributed by atoms with van der Waals surface area (Å²) in [5.74, 6) is 1.97. The van der Waals surface area contributed by atoms with Crippen LogP contribution in [0.15, 0.2) is 0 Å². The minimum atomic E-state index is -0.231. The highest BCUT2D eigenvalue weighted by Crippen LogP contribution is 2.44. The van der Waals surface area contributed by atoms with Crippen LogP contribution >= 0.6 is 15.9 Å². The molecule has 64 valence electrons. The zero-order valence-corrected chi connectivity index (χ0v) is 8.22. The van der Waals surface area contributed by atoms with E-state index in [1.807, 2.05) is 0 Å². The molecule has 4 atom stereocenters. The zero-order valence-electron chi connectivity index (χ0n) is 6.63. The fourth-order valence-electron chi connectivity index (χ4n) is 2.77. The van der Waals surface area contributed by atoms with E-state index in [-0.39, 0.29) is 6.10 Å². The predicted molar refractivity (Wildman–Crippen MR) is 46.5 cm³/mol. The van der Waals surface area contributed by atoms with Gasteiger partial charge in [0.2, 0.25) is 0 Å². The van der Waals surface area contributed by atoms with Crippen LogP contribution in [-0.2, 0) is 0 Å². The van der Waals surface area contributed by atoms with Crippen LogP contribution < -0.4 is 5.11 Å². The van der Waals surface area contributed by atoms with Crippen LogP contribution in [0.2, 0.25) is 0 Å². The second kappa shape index (κ2) is 3.06. The predicted octanol–water partition coefficient (Wildman–Crippen LogP) is 1.55. The minimum Gasteiger partial charge on any atom is -0.852 e. The molecule has 1 unspecified atom stereocenters. The molecule has 0 heterocycles. The van der Waals surface area contributed by atoms with Crippen molar-refractivity contribution in [1.29, 1.82) is 0 Å². The normalized spacial score (nSPS) is 49.6. The lowest BCUT2D eigenvalue weighted by Gasteiger charge is -2.50. The summed E-state index contributed by atoms with van der Waals surface area (Å²) < 4.78 is 0. The summed E-state index contributed by atoms with van der Waals surface area (Å²) in [6.45, 7) is 0. The summed E-state index contributed by atoms with van der Waals surface area (Å²) in [7, 11) is 0. The van der Waals surface area contributed by atoms with Crippen LogP contribution in [0.4, 0.5) is 0 Å². The average Bonchev–Trinajstić information content (AvgIpc) is 2.04. The third-order valence-corrected chi connectivity index (χ3v) is 4.22. The van der Waals surface area contributed by atoms with Crippen molar-refractivity contribution in [3.63, 3.8) is 0 Å². The topological polar surface area (TPSA) is 23.1 Å². The molecule has 3 aliphatic carbocycles. The van der Waals surface area contributed by atoms with Gasteiger partial charge in [0.15, 0.2) is 0 Å². The van der Waals surface area contributed by atoms with Crippen LogP contribution in [0.5, 0.6) is 0 Å². The van der Waals surface area contributed by atoms with Gasteiger partial charge in [-0.1, -0.05) is 41.1 Å². The molecule has 0 spiro atoms. The van der Waals surface area contributed by atoms with E-state index < -0.39 is 0 Å². The van der Waals surface area contributed by atoms with Crippen molar-refractivity contribution in [2.75, 3.05) is 5.33 Å². The lowest BCUT2D eigenvalue weighted by Crippen LogP contribution is -2.48. The fraction of sp³-hybridized carbons (Fsp3) is 1.00. The first kappa shape index (κ1) is 8.06. The number of halogens is 1. The third-order valence-electron chi connectivity index (χ3n) is 3.39. The Morgan fingerprint density at radius 2 is 2.09 bits per heavy atom. The Morgan fingerprint density at radius 3 is 2.55 bits per heavy atom. The van der Waals surface area contributed by atoms with Crippen molar-refractivity contribution in [3.05, 3.63) is 0 Å².